The zero-order chi connectivity index (χ0) is 15.0. The van der Waals surface area contributed by atoms with Crippen LogP contribution in [0.4, 0.5) is 5.69 Å². The molecular weight excluding hydrogens is 280 g/mol. The standard InChI is InChI=1S/C13H18N2O4S/c1-9(16)14-7-4-2-3-5-11(17)15-10-6-8-20-12(10)13(18)19/h6,8H,2-5,7H2,1H3,(H,14,16)(H,15,17)(H,18,19). The first-order valence-corrected chi connectivity index (χ1v) is 7.23. The van der Waals surface area contributed by atoms with Crippen molar-refractivity contribution in [1.82, 2.24) is 5.32 Å². The molecule has 6 nitrogen and oxygen atoms in total. The van der Waals surface area contributed by atoms with Crippen LogP contribution in [0.5, 0.6) is 0 Å². The molecule has 0 saturated heterocycles. The number of rotatable bonds is 8. The Balaban J connectivity index is 2.22. The van der Waals surface area contributed by atoms with Crippen LogP contribution in [0.2, 0.25) is 0 Å². The van der Waals surface area contributed by atoms with Gasteiger partial charge in [-0.15, -0.1) is 11.3 Å². The predicted molar refractivity (Wildman–Crippen MR) is 77.1 cm³/mol. The Bertz CT molecular complexity index is 484. The van der Waals surface area contributed by atoms with Crippen molar-refractivity contribution >= 4 is 34.8 Å². The molecule has 1 rings (SSSR count). The molecule has 2 amide bonds. The van der Waals surface area contributed by atoms with Crippen LogP contribution in [0.1, 0.15) is 42.3 Å². The summed E-state index contributed by atoms with van der Waals surface area (Å²) < 4.78 is 0. The minimum absolute atomic E-state index is 0.0543. The van der Waals surface area contributed by atoms with E-state index in [1.807, 2.05) is 0 Å². The fourth-order valence-corrected chi connectivity index (χ4v) is 2.32. The maximum absolute atomic E-state index is 11.7. The monoisotopic (exact) mass is 298 g/mol. The normalized spacial score (nSPS) is 10.1. The molecule has 0 unspecified atom stereocenters. The van der Waals surface area contributed by atoms with Gasteiger partial charge in [0.1, 0.15) is 4.88 Å². The van der Waals surface area contributed by atoms with Gasteiger partial charge in [0.15, 0.2) is 0 Å². The van der Waals surface area contributed by atoms with E-state index < -0.39 is 5.97 Å². The molecule has 0 atom stereocenters. The minimum Gasteiger partial charge on any atom is -0.477 e. The lowest BCUT2D eigenvalue weighted by Gasteiger charge is -2.05. The van der Waals surface area contributed by atoms with Crippen molar-refractivity contribution in [3.8, 4) is 0 Å². The molecule has 1 aromatic rings. The molecule has 0 aliphatic carbocycles. The Hall–Kier alpha value is -1.89. The summed E-state index contributed by atoms with van der Waals surface area (Å²) in [5, 5.41) is 15.8. The summed E-state index contributed by atoms with van der Waals surface area (Å²) in [6, 6.07) is 1.59. The zero-order valence-corrected chi connectivity index (χ0v) is 12.1. The van der Waals surface area contributed by atoms with Crippen LogP contribution in [-0.2, 0) is 9.59 Å². The number of carbonyl (C=O) groups excluding carboxylic acids is 2. The van der Waals surface area contributed by atoms with E-state index in [1.165, 1.54) is 6.92 Å². The summed E-state index contributed by atoms with van der Waals surface area (Å²) in [7, 11) is 0. The molecule has 0 fully saturated rings. The van der Waals surface area contributed by atoms with Gasteiger partial charge >= 0.3 is 5.97 Å². The Morgan fingerprint density at radius 1 is 1.25 bits per heavy atom. The maximum atomic E-state index is 11.7. The number of thiophene rings is 1. The van der Waals surface area contributed by atoms with Gasteiger partial charge in [-0.2, -0.15) is 0 Å². The molecular formula is C13H18N2O4S. The van der Waals surface area contributed by atoms with Crippen molar-refractivity contribution < 1.29 is 19.5 Å². The van der Waals surface area contributed by atoms with Crippen molar-refractivity contribution in [3.63, 3.8) is 0 Å². The molecule has 3 N–H and O–H groups in total. The summed E-state index contributed by atoms with van der Waals surface area (Å²) in [5.74, 6) is -1.28. The van der Waals surface area contributed by atoms with Crippen molar-refractivity contribution in [2.75, 3.05) is 11.9 Å². The van der Waals surface area contributed by atoms with Crippen LogP contribution in [0.3, 0.4) is 0 Å². The number of hydrogen-bond acceptors (Lipinski definition) is 4. The summed E-state index contributed by atoms with van der Waals surface area (Å²) in [5.41, 5.74) is 0.353. The topological polar surface area (TPSA) is 95.5 Å². The highest BCUT2D eigenvalue weighted by Crippen LogP contribution is 2.22. The fraction of sp³-hybridized carbons (Fsp3) is 0.462. The fourth-order valence-electron chi connectivity index (χ4n) is 1.64. The van der Waals surface area contributed by atoms with Crippen molar-refractivity contribution in [1.29, 1.82) is 0 Å². The lowest BCUT2D eigenvalue weighted by molar-refractivity contribution is -0.119. The second kappa shape index (κ2) is 8.31. The summed E-state index contributed by atoms with van der Waals surface area (Å²) >= 11 is 1.08. The highest BCUT2D eigenvalue weighted by Gasteiger charge is 2.13. The quantitative estimate of drug-likeness (QED) is 0.640. The molecule has 110 valence electrons. The van der Waals surface area contributed by atoms with Gasteiger partial charge in [-0.3, -0.25) is 9.59 Å². The first kappa shape index (κ1) is 16.2. The summed E-state index contributed by atoms with van der Waals surface area (Å²) in [6.45, 7) is 2.08. The Labute approximate surface area is 121 Å². The maximum Gasteiger partial charge on any atom is 0.348 e. The number of nitrogens with one attached hydrogen (secondary N) is 2. The van der Waals surface area contributed by atoms with E-state index in [2.05, 4.69) is 10.6 Å². The van der Waals surface area contributed by atoms with Crippen LogP contribution < -0.4 is 10.6 Å². The van der Waals surface area contributed by atoms with Crippen LogP contribution in [0.25, 0.3) is 0 Å². The van der Waals surface area contributed by atoms with Gasteiger partial charge < -0.3 is 15.7 Å². The number of carboxylic acids is 1. The predicted octanol–water partition coefficient (Wildman–Crippen LogP) is 2.08. The molecule has 0 radical (unpaired) electrons. The number of carboxylic acid groups (broad SMARTS) is 1. The van der Waals surface area contributed by atoms with E-state index in [-0.39, 0.29) is 16.7 Å². The van der Waals surface area contributed by atoms with Crippen molar-refractivity contribution in [2.24, 2.45) is 0 Å². The van der Waals surface area contributed by atoms with Gasteiger partial charge in [0.2, 0.25) is 11.8 Å². The summed E-state index contributed by atoms with van der Waals surface area (Å²) in [4.78, 5) is 33.3. The van der Waals surface area contributed by atoms with Gasteiger partial charge in [-0.1, -0.05) is 6.42 Å². The van der Waals surface area contributed by atoms with Crippen LogP contribution >= 0.6 is 11.3 Å². The molecule has 0 aromatic carbocycles. The number of unbranched alkanes of at least 4 members (excludes halogenated alkanes) is 2. The molecule has 1 aromatic heterocycles. The lowest BCUT2D eigenvalue weighted by atomic mass is 10.2. The van der Waals surface area contributed by atoms with Crippen molar-refractivity contribution in [3.05, 3.63) is 16.3 Å². The second-order valence-corrected chi connectivity index (χ2v) is 5.23. The average Bonchev–Trinajstić information content (AvgIpc) is 2.81. The van der Waals surface area contributed by atoms with E-state index >= 15 is 0 Å². The third-order valence-electron chi connectivity index (χ3n) is 2.59. The molecule has 7 heteroatoms. The van der Waals surface area contributed by atoms with E-state index in [4.69, 9.17) is 5.11 Å². The SMILES string of the molecule is CC(=O)NCCCCCC(=O)Nc1ccsc1C(=O)O. The van der Waals surface area contributed by atoms with Crippen LogP contribution in [0, 0.1) is 0 Å². The Morgan fingerprint density at radius 2 is 2.00 bits per heavy atom. The number of amides is 2. The third kappa shape index (κ3) is 5.83. The smallest absolute Gasteiger partial charge is 0.348 e. The molecule has 0 saturated carbocycles. The first-order valence-electron chi connectivity index (χ1n) is 6.35. The van der Waals surface area contributed by atoms with Gasteiger partial charge in [0, 0.05) is 19.9 Å². The van der Waals surface area contributed by atoms with E-state index in [0.29, 0.717) is 25.1 Å². The van der Waals surface area contributed by atoms with Crippen LogP contribution in [0.15, 0.2) is 11.4 Å². The second-order valence-electron chi connectivity index (χ2n) is 4.31. The zero-order valence-electron chi connectivity index (χ0n) is 11.3. The largest absolute Gasteiger partial charge is 0.477 e. The van der Waals surface area contributed by atoms with E-state index in [1.54, 1.807) is 11.4 Å². The van der Waals surface area contributed by atoms with Crippen LogP contribution in [-0.4, -0.2) is 29.4 Å². The van der Waals surface area contributed by atoms with Gasteiger partial charge in [-0.05, 0) is 24.3 Å². The Morgan fingerprint density at radius 3 is 2.65 bits per heavy atom. The number of aromatic carboxylic acids is 1. The highest BCUT2D eigenvalue weighted by molar-refractivity contribution is 7.12. The molecule has 0 bridgehead atoms. The number of hydrogen-bond donors (Lipinski definition) is 3. The highest BCUT2D eigenvalue weighted by atomic mass is 32.1. The molecule has 0 aliphatic heterocycles. The molecule has 0 spiro atoms. The van der Waals surface area contributed by atoms with Gasteiger partial charge in [0.25, 0.3) is 0 Å². The Kier molecular flexibility index (Phi) is 6.72. The third-order valence-corrected chi connectivity index (χ3v) is 3.49. The van der Waals surface area contributed by atoms with Gasteiger partial charge in [-0.25, -0.2) is 4.79 Å². The van der Waals surface area contributed by atoms with Gasteiger partial charge in [0.05, 0.1) is 5.69 Å². The van der Waals surface area contributed by atoms with E-state index in [9.17, 15) is 14.4 Å². The lowest BCUT2D eigenvalue weighted by Crippen LogP contribution is -2.20. The number of anilines is 1. The molecule has 1 heterocycles. The summed E-state index contributed by atoms with van der Waals surface area (Å²) in [6.07, 6.45) is 2.71. The minimum atomic E-state index is -1.04. The molecule has 0 aliphatic rings. The van der Waals surface area contributed by atoms with E-state index in [0.717, 1.165) is 24.2 Å². The van der Waals surface area contributed by atoms with Crippen molar-refractivity contribution in [2.45, 2.75) is 32.6 Å². The molecule has 20 heavy (non-hydrogen) atoms. The average molecular weight is 298 g/mol. The first-order chi connectivity index (χ1) is 9.50. The number of carbonyl (C=O) groups is 3.